The highest BCUT2D eigenvalue weighted by Gasteiger charge is 2.19. The van der Waals surface area contributed by atoms with Crippen LogP contribution < -0.4 is 10.1 Å². The maximum atomic E-state index is 13.4. The SMILES string of the molecule is C[C@@H](Oc1ccccc1)C(=O)OCC(=O)Nc1ccc(F)c(F)c1F. The van der Waals surface area contributed by atoms with E-state index in [0.29, 0.717) is 11.8 Å². The fourth-order valence-corrected chi connectivity index (χ4v) is 1.81. The molecule has 2 rings (SSSR count). The zero-order valence-corrected chi connectivity index (χ0v) is 13.1. The Morgan fingerprint density at radius 2 is 1.72 bits per heavy atom. The predicted molar refractivity (Wildman–Crippen MR) is 82.4 cm³/mol. The van der Waals surface area contributed by atoms with Crippen molar-refractivity contribution >= 4 is 17.6 Å². The summed E-state index contributed by atoms with van der Waals surface area (Å²) >= 11 is 0. The van der Waals surface area contributed by atoms with Gasteiger partial charge in [0.05, 0.1) is 5.69 Å². The molecule has 2 aromatic carbocycles. The average Bonchev–Trinajstić information content (AvgIpc) is 2.61. The maximum Gasteiger partial charge on any atom is 0.347 e. The van der Waals surface area contributed by atoms with Gasteiger partial charge in [-0.3, -0.25) is 4.79 Å². The second-order valence-electron chi connectivity index (χ2n) is 4.95. The van der Waals surface area contributed by atoms with Gasteiger partial charge in [-0.05, 0) is 31.2 Å². The summed E-state index contributed by atoms with van der Waals surface area (Å²) in [7, 11) is 0. The molecule has 0 aromatic heterocycles. The van der Waals surface area contributed by atoms with Crippen LogP contribution in [0.25, 0.3) is 0 Å². The number of carbonyl (C=O) groups excluding carboxylic acids is 2. The number of esters is 1. The number of nitrogens with one attached hydrogen (secondary N) is 1. The number of anilines is 1. The van der Waals surface area contributed by atoms with Gasteiger partial charge < -0.3 is 14.8 Å². The Morgan fingerprint density at radius 1 is 1.04 bits per heavy atom. The summed E-state index contributed by atoms with van der Waals surface area (Å²) in [5.74, 6) is -5.91. The van der Waals surface area contributed by atoms with Crippen LogP contribution in [0.2, 0.25) is 0 Å². The highest BCUT2D eigenvalue weighted by atomic mass is 19.2. The van der Waals surface area contributed by atoms with Gasteiger partial charge in [-0.15, -0.1) is 0 Å². The molecule has 0 saturated heterocycles. The molecule has 1 atom stereocenters. The molecule has 5 nitrogen and oxygen atoms in total. The molecule has 0 unspecified atom stereocenters. The molecular formula is C17H14F3NO4. The molecule has 0 heterocycles. The number of carbonyl (C=O) groups is 2. The Labute approximate surface area is 141 Å². The van der Waals surface area contributed by atoms with Crippen molar-refractivity contribution < 1.29 is 32.2 Å². The number of benzene rings is 2. The van der Waals surface area contributed by atoms with Crippen molar-refractivity contribution in [1.29, 1.82) is 0 Å². The van der Waals surface area contributed by atoms with Gasteiger partial charge in [-0.2, -0.15) is 0 Å². The van der Waals surface area contributed by atoms with Crippen LogP contribution >= 0.6 is 0 Å². The molecule has 0 radical (unpaired) electrons. The number of rotatable bonds is 6. The third-order valence-corrected chi connectivity index (χ3v) is 3.04. The first-order valence-corrected chi connectivity index (χ1v) is 7.20. The van der Waals surface area contributed by atoms with Crippen molar-refractivity contribution in [2.45, 2.75) is 13.0 Å². The van der Waals surface area contributed by atoms with Crippen LogP contribution in [0.3, 0.4) is 0 Å². The summed E-state index contributed by atoms with van der Waals surface area (Å²) in [6, 6.07) is 10.0. The number of hydrogen-bond donors (Lipinski definition) is 1. The lowest BCUT2D eigenvalue weighted by Gasteiger charge is -2.14. The molecule has 0 aliphatic rings. The molecule has 1 amide bonds. The van der Waals surface area contributed by atoms with Crippen LogP contribution in [-0.4, -0.2) is 24.6 Å². The quantitative estimate of drug-likeness (QED) is 0.640. The normalized spacial score (nSPS) is 11.5. The Hall–Kier alpha value is -3.03. The summed E-state index contributed by atoms with van der Waals surface area (Å²) in [6.45, 7) is 0.696. The Morgan fingerprint density at radius 3 is 2.40 bits per heavy atom. The number of para-hydroxylation sites is 1. The number of ether oxygens (including phenoxy) is 2. The second kappa shape index (κ2) is 8.18. The van der Waals surface area contributed by atoms with Crippen molar-refractivity contribution in [3.8, 4) is 5.75 Å². The fourth-order valence-electron chi connectivity index (χ4n) is 1.81. The molecule has 0 aliphatic heterocycles. The predicted octanol–water partition coefficient (Wildman–Crippen LogP) is 3.05. The highest BCUT2D eigenvalue weighted by Crippen LogP contribution is 2.19. The number of halogens is 3. The Kier molecular flexibility index (Phi) is 5.99. The van der Waals surface area contributed by atoms with Crippen molar-refractivity contribution in [3.63, 3.8) is 0 Å². The van der Waals surface area contributed by atoms with E-state index in [2.05, 4.69) is 0 Å². The van der Waals surface area contributed by atoms with Gasteiger partial charge in [-0.1, -0.05) is 18.2 Å². The van der Waals surface area contributed by atoms with Gasteiger partial charge in [0.25, 0.3) is 5.91 Å². The number of hydrogen-bond acceptors (Lipinski definition) is 4. The van der Waals surface area contributed by atoms with E-state index in [1.807, 2.05) is 5.32 Å². The van der Waals surface area contributed by atoms with Crippen LogP contribution in [0.15, 0.2) is 42.5 Å². The number of amides is 1. The molecule has 1 N–H and O–H groups in total. The molecule has 0 saturated carbocycles. The molecule has 8 heteroatoms. The average molecular weight is 353 g/mol. The van der Waals surface area contributed by atoms with Crippen LogP contribution in [0.1, 0.15) is 6.92 Å². The summed E-state index contributed by atoms with van der Waals surface area (Å²) in [5, 5.41) is 1.98. The van der Waals surface area contributed by atoms with Gasteiger partial charge in [0.2, 0.25) is 0 Å². The Bertz CT molecular complexity index is 768. The van der Waals surface area contributed by atoms with Crippen molar-refractivity contribution in [3.05, 3.63) is 59.9 Å². The molecule has 0 bridgehead atoms. The van der Waals surface area contributed by atoms with Gasteiger partial charge in [-0.25, -0.2) is 18.0 Å². The van der Waals surface area contributed by atoms with E-state index in [1.54, 1.807) is 30.3 Å². The first-order valence-electron chi connectivity index (χ1n) is 7.20. The molecule has 132 valence electrons. The fraction of sp³-hybridized carbons (Fsp3) is 0.176. The molecule has 0 fully saturated rings. The third-order valence-electron chi connectivity index (χ3n) is 3.04. The minimum Gasteiger partial charge on any atom is -0.479 e. The van der Waals surface area contributed by atoms with E-state index in [1.165, 1.54) is 6.92 Å². The third kappa shape index (κ3) is 4.97. The van der Waals surface area contributed by atoms with E-state index < -0.39 is 47.7 Å². The zero-order valence-electron chi connectivity index (χ0n) is 13.1. The van der Waals surface area contributed by atoms with Gasteiger partial charge in [0, 0.05) is 0 Å². The maximum absolute atomic E-state index is 13.4. The Balaban J connectivity index is 1.85. The summed E-state index contributed by atoms with van der Waals surface area (Å²) in [4.78, 5) is 23.4. The van der Waals surface area contributed by atoms with Crippen molar-refractivity contribution in [2.75, 3.05) is 11.9 Å². The van der Waals surface area contributed by atoms with E-state index in [-0.39, 0.29) is 0 Å². The summed E-state index contributed by atoms with van der Waals surface area (Å²) in [5.41, 5.74) is -0.562. The van der Waals surface area contributed by atoms with Gasteiger partial charge in [0.1, 0.15) is 5.75 Å². The monoisotopic (exact) mass is 353 g/mol. The first-order chi connectivity index (χ1) is 11.9. The van der Waals surface area contributed by atoms with E-state index in [0.717, 1.165) is 6.07 Å². The van der Waals surface area contributed by atoms with Crippen molar-refractivity contribution in [2.24, 2.45) is 0 Å². The van der Waals surface area contributed by atoms with Crippen LogP contribution in [0.5, 0.6) is 5.75 Å². The second-order valence-corrected chi connectivity index (χ2v) is 4.95. The largest absolute Gasteiger partial charge is 0.479 e. The minimum absolute atomic E-state index is 0.445. The first kappa shape index (κ1) is 18.3. The topological polar surface area (TPSA) is 64.6 Å². The molecule has 0 spiro atoms. The standard InChI is InChI=1S/C17H14F3NO4/c1-10(25-11-5-3-2-4-6-11)17(23)24-9-14(22)21-13-8-7-12(18)15(19)16(13)20/h2-8,10H,9H2,1H3,(H,21,22)/t10-/m1/s1. The lowest BCUT2D eigenvalue weighted by atomic mass is 10.3. The van der Waals surface area contributed by atoms with E-state index in [9.17, 15) is 22.8 Å². The lowest BCUT2D eigenvalue weighted by molar-refractivity contribution is -0.153. The lowest BCUT2D eigenvalue weighted by Crippen LogP contribution is -2.30. The molecule has 2 aromatic rings. The highest BCUT2D eigenvalue weighted by molar-refractivity contribution is 5.93. The molecule has 25 heavy (non-hydrogen) atoms. The minimum atomic E-state index is -1.71. The summed E-state index contributed by atoms with van der Waals surface area (Å²) in [6.07, 6.45) is -0.977. The van der Waals surface area contributed by atoms with E-state index in [4.69, 9.17) is 9.47 Å². The van der Waals surface area contributed by atoms with E-state index >= 15 is 0 Å². The van der Waals surface area contributed by atoms with Gasteiger partial charge >= 0.3 is 5.97 Å². The van der Waals surface area contributed by atoms with Crippen molar-refractivity contribution in [1.82, 2.24) is 0 Å². The van der Waals surface area contributed by atoms with Crippen LogP contribution in [0.4, 0.5) is 18.9 Å². The molecular weight excluding hydrogens is 339 g/mol. The summed E-state index contributed by atoms with van der Waals surface area (Å²) < 4.78 is 49.4. The van der Waals surface area contributed by atoms with Crippen LogP contribution in [0, 0.1) is 17.5 Å². The van der Waals surface area contributed by atoms with Crippen LogP contribution in [-0.2, 0) is 14.3 Å². The smallest absolute Gasteiger partial charge is 0.347 e. The van der Waals surface area contributed by atoms with Gasteiger partial charge in [0.15, 0.2) is 30.2 Å². The zero-order chi connectivity index (χ0) is 18.4. The molecule has 0 aliphatic carbocycles.